The maximum absolute atomic E-state index is 12.3. The summed E-state index contributed by atoms with van der Waals surface area (Å²) in [6, 6.07) is 1.91. The summed E-state index contributed by atoms with van der Waals surface area (Å²) in [4.78, 5) is 25.9. The van der Waals surface area contributed by atoms with Gasteiger partial charge in [-0.15, -0.1) is 0 Å². The maximum atomic E-state index is 12.3. The van der Waals surface area contributed by atoms with Crippen molar-refractivity contribution >= 4 is 11.7 Å². The Morgan fingerprint density at radius 1 is 1.42 bits per heavy atom. The third-order valence-corrected chi connectivity index (χ3v) is 4.28. The Kier molecular flexibility index (Phi) is 3.78. The van der Waals surface area contributed by atoms with Gasteiger partial charge >= 0.3 is 0 Å². The number of aromatic nitrogens is 1. The molecule has 0 saturated carbocycles. The molecule has 0 aliphatic carbocycles. The number of aryl methyl sites for hydroxylation is 1. The molecule has 0 aromatic carbocycles. The molecule has 0 spiro atoms. The fourth-order valence-electron chi connectivity index (χ4n) is 2.68. The van der Waals surface area contributed by atoms with Crippen LogP contribution in [0.1, 0.15) is 41.5 Å². The Bertz CT molecular complexity index is 516. The average Bonchev–Trinajstić information content (AvgIpc) is 2.85. The van der Waals surface area contributed by atoms with Gasteiger partial charge in [-0.25, -0.2) is 0 Å². The summed E-state index contributed by atoms with van der Waals surface area (Å²) >= 11 is 0. The maximum Gasteiger partial charge on any atom is 0.223 e. The van der Waals surface area contributed by atoms with Crippen LogP contribution in [0.25, 0.3) is 0 Å². The fourth-order valence-corrected chi connectivity index (χ4v) is 2.68. The summed E-state index contributed by atoms with van der Waals surface area (Å²) in [7, 11) is 1.95. The van der Waals surface area contributed by atoms with E-state index in [1.165, 1.54) is 0 Å². The van der Waals surface area contributed by atoms with Gasteiger partial charge in [0.05, 0.1) is 6.54 Å². The molecule has 1 aromatic heterocycles. The Morgan fingerprint density at radius 2 is 2.11 bits per heavy atom. The van der Waals surface area contributed by atoms with Crippen LogP contribution in [0.3, 0.4) is 0 Å². The van der Waals surface area contributed by atoms with Crippen molar-refractivity contribution in [1.82, 2.24) is 9.47 Å². The smallest absolute Gasteiger partial charge is 0.223 e. The van der Waals surface area contributed by atoms with E-state index in [1.807, 2.05) is 31.5 Å². The van der Waals surface area contributed by atoms with Gasteiger partial charge in [0.15, 0.2) is 5.78 Å². The highest BCUT2D eigenvalue weighted by Gasteiger charge is 2.30. The minimum absolute atomic E-state index is 0.0475. The summed E-state index contributed by atoms with van der Waals surface area (Å²) < 4.78 is 2.01. The molecule has 0 radical (unpaired) electrons. The molecule has 4 nitrogen and oxygen atoms in total. The lowest BCUT2D eigenvalue weighted by Gasteiger charge is -2.15. The first-order valence-electron chi connectivity index (χ1n) is 6.88. The first kappa shape index (κ1) is 13.8. The van der Waals surface area contributed by atoms with E-state index in [9.17, 15) is 9.59 Å². The number of nitrogens with zero attached hydrogens (tertiary/aromatic N) is 2. The summed E-state index contributed by atoms with van der Waals surface area (Å²) in [5, 5.41) is 0. The average molecular weight is 262 g/mol. The topological polar surface area (TPSA) is 42.3 Å². The lowest BCUT2D eigenvalue weighted by atomic mass is 10.1. The quantitative estimate of drug-likeness (QED) is 0.780. The molecule has 0 N–H and O–H groups in total. The summed E-state index contributed by atoms with van der Waals surface area (Å²) in [5.74, 6) is 0.579. The molecule has 19 heavy (non-hydrogen) atoms. The van der Waals surface area contributed by atoms with Gasteiger partial charge in [-0.05, 0) is 25.8 Å². The van der Waals surface area contributed by atoms with Crippen LogP contribution in [-0.2, 0) is 11.8 Å². The number of hydrogen-bond donors (Lipinski definition) is 0. The van der Waals surface area contributed by atoms with Gasteiger partial charge in [-0.2, -0.15) is 0 Å². The van der Waals surface area contributed by atoms with Crippen molar-refractivity contribution in [1.29, 1.82) is 0 Å². The molecule has 1 amide bonds. The molecule has 104 valence electrons. The fraction of sp³-hybridized carbons (Fsp3) is 0.600. The number of ketones is 1. The van der Waals surface area contributed by atoms with Crippen molar-refractivity contribution in [2.45, 2.75) is 33.6 Å². The SMILES string of the molecule is CCC1CC(=O)N(CC(=O)c2cc(C)n(C)c2C)C1. The first-order valence-corrected chi connectivity index (χ1v) is 6.88. The highest BCUT2D eigenvalue weighted by Crippen LogP contribution is 2.21. The second-order valence-corrected chi connectivity index (χ2v) is 5.52. The van der Waals surface area contributed by atoms with Crippen LogP contribution in [0.2, 0.25) is 0 Å². The molecule has 1 aliphatic rings. The second-order valence-electron chi connectivity index (χ2n) is 5.52. The molecular formula is C15H22N2O2. The number of carbonyl (C=O) groups is 2. The molecule has 1 atom stereocenters. The third-order valence-electron chi connectivity index (χ3n) is 4.28. The monoisotopic (exact) mass is 262 g/mol. The number of amides is 1. The van der Waals surface area contributed by atoms with E-state index in [1.54, 1.807) is 4.90 Å². The van der Waals surface area contributed by atoms with Gasteiger partial charge in [0.2, 0.25) is 5.91 Å². The Labute approximate surface area is 114 Å². The third kappa shape index (κ3) is 2.57. The predicted molar refractivity (Wildman–Crippen MR) is 74.2 cm³/mol. The minimum atomic E-state index is 0.0475. The number of likely N-dealkylation sites (tertiary alicyclic amines) is 1. The molecule has 1 aromatic rings. The van der Waals surface area contributed by atoms with Crippen LogP contribution in [0, 0.1) is 19.8 Å². The molecule has 2 rings (SSSR count). The normalized spacial score (nSPS) is 19.3. The highest BCUT2D eigenvalue weighted by atomic mass is 16.2. The Morgan fingerprint density at radius 3 is 2.58 bits per heavy atom. The zero-order valence-electron chi connectivity index (χ0n) is 12.2. The number of rotatable bonds is 4. The minimum Gasteiger partial charge on any atom is -0.351 e. The molecule has 0 bridgehead atoms. The van der Waals surface area contributed by atoms with Crippen molar-refractivity contribution in [3.05, 3.63) is 23.0 Å². The van der Waals surface area contributed by atoms with E-state index in [-0.39, 0.29) is 18.2 Å². The van der Waals surface area contributed by atoms with Crippen molar-refractivity contribution in [3.8, 4) is 0 Å². The Balaban J connectivity index is 2.09. The van der Waals surface area contributed by atoms with E-state index in [0.717, 1.165) is 29.9 Å². The largest absolute Gasteiger partial charge is 0.351 e. The number of hydrogen-bond acceptors (Lipinski definition) is 2. The van der Waals surface area contributed by atoms with Crippen LogP contribution >= 0.6 is 0 Å². The lowest BCUT2D eigenvalue weighted by Crippen LogP contribution is -2.31. The van der Waals surface area contributed by atoms with Crippen LogP contribution < -0.4 is 0 Å². The lowest BCUT2D eigenvalue weighted by molar-refractivity contribution is -0.127. The van der Waals surface area contributed by atoms with Gasteiger partial charge in [-0.3, -0.25) is 9.59 Å². The highest BCUT2D eigenvalue weighted by molar-refractivity contribution is 6.00. The first-order chi connectivity index (χ1) is 8.93. The summed E-state index contributed by atoms with van der Waals surface area (Å²) in [6.07, 6.45) is 1.59. The molecule has 1 saturated heterocycles. The van der Waals surface area contributed by atoms with Crippen molar-refractivity contribution in [2.24, 2.45) is 13.0 Å². The molecule has 1 fully saturated rings. The predicted octanol–water partition coefficient (Wildman–Crippen LogP) is 2.08. The summed E-state index contributed by atoms with van der Waals surface area (Å²) in [6.45, 7) is 6.97. The summed E-state index contributed by atoms with van der Waals surface area (Å²) in [5.41, 5.74) is 2.79. The van der Waals surface area contributed by atoms with E-state index >= 15 is 0 Å². The standard InChI is InChI=1S/C15H22N2O2/c1-5-12-7-15(19)17(8-12)9-14(18)13-6-10(2)16(4)11(13)3/h6,12H,5,7-9H2,1-4H3. The van der Waals surface area contributed by atoms with E-state index in [2.05, 4.69) is 6.92 Å². The molecule has 1 aliphatic heterocycles. The second kappa shape index (κ2) is 5.19. The van der Waals surface area contributed by atoms with Gasteiger partial charge in [0.1, 0.15) is 0 Å². The van der Waals surface area contributed by atoms with Gasteiger partial charge in [0, 0.05) is 37.0 Å². The number of carbonyl (C=O) groups excluding carboxylic acids is 2. The van der Waals surface area contributed by atoms with Gasteiger partial charge in [0.25, 0.3) is 0 Å². The van der Waals surface area contributed by atoms with Gasteiger partial charge in [-0.1, -0.05) is 13.3 Å². The van der Waals surface area contributed by atoms with Crippen molar-refractivity contribution in [3.63, 3.8) is 0 Å². The van der Waals surface area contributed by atoms with Crippen LogP contribution in [0.15, 0.2) is 6.07 Å². The van der Waals surface area contributed by atoms with Crippen LogP contribution in [0.4, 0.5) is 0 Å². The molecule has 2 heterocycles. The number of Topliss-reactive ketones (excluding diaryl/α,β-unsaturated/α-hetero) is 1. The molecule has 4 heteroatoms. The molecule has 1 unspecified atom stereocenters. The van der Waals surface area contributed by atoms with Crippen molar-refractivity contribution in [2.75, 3.05) is 13.1 Å². The van der Waals surface area contributed by atoms with Crippen molar-refractivity contribution < 1.29 is 9.59 Å². The Hall–Kier alpha value is -1.58. The van der Waals surface area contributed by atoms with Crippen LogP contribution in [-0.4, -0.2) is 34.2 Å². The molecular weight excluding hydrogens is 240 g/mol. The van der Waals surface area contributed by atoms with Gasteiger partial charge < -0.3 is 9.47 Å². The zero-order chi connectivity index (χ0) is 14.2. The zero-order valence-corrected chi connectivity index (χ0v) is 12.2. The van der Waals surface area contributed by atoms with E-state index < -0.39 is 0 Å². The van der Waals surface area contributed by atoms with E-state index in [4.69, 9.17) is 0 Å². The van der Waals surface area contributed by atoms with E-state index in [0.29, 0.717) is 12.3 Å². The van der Waals surface area contributed by atoms with Crippen LogP contribution in [0.5, 0.6) is 0 Å².